The van der Waals surface area contributed by atoms with E-state index in [1.165, 1.54) is 17.8 Å². The zero-order valence-electron chi connectivity index (χ0n) is 16.2. The number of phenols is 1. The van der Waals surface area contributed by atoms with Crippen molar-refractivity contribution in [2.75, 3.05) is 18.5 Å². The Balaban J connectivity index is 1.57. The van der Waals surface area contributed by atoms with Crippen LogP contribution in [0.4, 0.5) is 5.69 Å². The van der Waals surface area contributed by atoms with Crippen molar-refractivity contribution in [3.63, 3.8) is 0 Å². The summed E-state index contributed by atoms with van der Waals surface area (Å²) >= 11 is 0. The van der Waals surface area contributed by atoms with E-state index in [0.717, 1.165) is 25.7 Å². The van der Waals surface area contributed by atoms with E-state index in [-0.39, 0.29) is 11.3 Å². The number of primary amides is 1. The van der Waals surface area contributed by atoms with Crippen molar-refractivity contribution in [2.24, 2.45) is 5.73 Å². The fourth-order valence-electron chi connectivity index (χ4n) is 3.93. The summed E-state index contributed by atoms with van der Waals surface area (Å²) in [6.45, 7) is 0.384. The molecule has 1 saturated carbocycles. The van der Waals surface area contributed by atoms with E-state index in [2.05, 4.69) is 41.5 Å². The molecule has 0 saturated heterocycles. The smallest absolute Gasteiger partial charge is 0.252 e. The lowest BCUT2D eigenvalue weighted by Crippen LogP contribution is -2.44. The van der Waals surface area contributed by atoms with Crippen LogP contribution in [0.1, 0.15) is 47.7 Å². The first-order valence-corrected chi connectivity index (χ1v) is 9.77. The van der Waals surface area contributed by atoms with Gasteiger partial charge in [0.15, 0.2) is 0 Å². The number of carbonyl (C=O) groups is 1. The van der Waals surface area contributed by atoms with E-state index in [1.54, 1.807) is 6.07 Å². The Morgan fingerprint density at radius 2 is 2.00 bits per heavy atom. The first-order chi connectivity index (χ1) is 13.5. The van der Waals surface area contributed by atoms with Crippen LogP contribution in [-0.4, -0.2) is 41.8 Å². The predicted octanol–water partition coefficient (Wildman–Crippen LogP) is 2.56. The van der Waals surface area contributed by atoms with E-state index in [0.29, 0.717) is 24.2 Å². The lowest BCUT2D eigenvalue weighted by Gasteiger charge is -2.37. The van der Waals surface area contributed by atoms with Crippen LogP contribution in [0.25, 0.3) is 0 Å². The van der Waals surface area contributed by atoms with Gasteiger partial charge in [-0.3, -0.25) is 4.79 Å². The maximum Gasteiger partial charge on any atom is 0.252 e. The van der Waals surface area contributed by atoms with Crippen LogP contribution in [0.3, 0.4) is 0 Å². The molecule has 6 nitrogen and oxygen atoms in total. The van der Waals surface area contributed by atoms with Gasteiger partial charge in [0, 0.05) is 31.4 Å². The maximum atomic E-state index is 11.4. The van der Waals surface area contributed by atoms with Crippen LogP contribution in [0.5, 0.6) is 5.75 Å². The quantitative estimate of drug-likeness (QED) is 0.589. The Hall–Kier alpha value is -2.57. The highest BCUT2D eigenvalue weighted by atomic mass is 16.3. The van der Waals surface area contributed by atoms with Crippen molar-refractivity contribution in [3.05, 3.63) is 59.7 Å². The van der Waals surface area contributed by atoms with Crippen LogP contribution < -0.4 is 16.0 Å². The minimum Gasteiger partial charge on any atom is -0.507 e. The molecule has 3 rings (SSSR count). The minimum absolute atomic E-state index is 0.0266. The number of benzene rings is 2. The summed E-state index contributed by atoms with van der Waals surface area (Å²) in [5, 5.41) is 23.7. The molecular formula is C22H29N3O3. The van der Waals surface area contributed by atoms with Crippen LogP contribution in [0.15, 0.2) is 48.5 Å². The molecule has 28 heavy (non-hydrogen) atoms. The fraction of sp³-hybridized carbons (Fsp3) is 0.409. The SMILES string of the molecule is CN(c1ccccc1)[C@H]1CCC[C@H](NCC(O)c2ccc(O)c(C(N)=O)c2)C1. The average Bonchev–Trinajstić information content (AvgIpc) is 2.72. The van der Waals surface area contributed by atoms with Gasteiger partial charge in [-0.25, -0.2) is 0 Å². The third kappa shape index (κ3) is 4.82. The van der Waals surface area contributed by atoms with Gasteiger partial charge in [-0.05, 0) is 55.5 Å². The largest absolute Gasteiger partial charge is 0.507 e. The molecule has 2 aromatic carbocycles. The van der Waals surface area contributed by atoms with Gasteiger partial charge < -0.3 is 26.2 Å². The molecule has 150 valence electrons. The third-order valence-electron chi connectivity index (χ3n) is 5.63. The molecule has 1 aliphatic rings. The van der Waals surface area contributed by atoms with Crippen LogP contribution in [0.2, 0.25) is 0 Å². The Labute approximate surface area is 166 Å². The number of aromatic hydroxyl groups is 1. The van der Waals surface area contributed by atoms with E-state index >= 15 is 0 Å². The van der Waals surface area contributed by atoms with Gasteiger partial charge in [-0.2, -0.15) is 0 Å². The van der Waals surface area contributed by atoms with Gasteiger partial charge in [0.2, 0.25) is 0 Å². The highest BCUT2D eigenvalue weighted by Crippen LogP contribution is 2.27. The third-order valence-corrected chi connectivity index (χ3v) is 5.63. The fourth-order valence-corrected chi connectivity index (χ4v) is 3.93. The molecule has 6 heteroatoms. The highest BCUT2D eigenvalue weighted by molar-refractivity contribution is 5.95. The normalized spacial score (nSPS) is 20.5. The first-order valence-electron chi connectivity index (χ1n) is 9.77. The van der Waals surface area contributed by atoms with Crippen LogP contribution in [-0.2, 0) is 0 Å². The number of para-hydroxylation sites is 1. The topological polar surface area (TPSA) is 98.8 Å². The first kappa shape index (κ1) is 20.2. The van der Waals surface area contributed by atoms with Gasteiger partial charge in [0.05, 0.1) is 11.7 Å². The number of aliphatic hydroxyl groups is 1. The van der Waals surface area contributed by atoms with E-state index < -0.39 is 12.0 Å². The van der Waals surface area contributed by atoms with Gasteiger partial charge in [0.1, 0.15) is 5.75 Å². The van der Waals surface area contributed by atoms with Crippen molar-refractivity contribution >= 4 is 11.6 Å². The second-order valence-corrected chi connectivity index (χ2v) is 7.53. The molecule has 3 atom stereocenters. The second-order valence-electron chi connectivity index (χ2n) is 7.53. The number of anilines is 1. The van der Waals surface area contributed by atoms with Crippen molar-refractivity contribution in [1.82, 2.24) is 5.32 Å². The number of hydrogen-bond donors (Lipinski definition) is 4. The molecular weight excluding hydrogens is 354 g/mol. The van der Waals surface area contributed by atoms with Gasteiger partial charge in [-0.15, -0.1) is 0 Å². The Morgan fingerprint density at radius 1 is 1.25 bits per heavy atom. The van der Waals surface area contributed by atoms with Crippen LogP contribution in [0, 0.1) is 0 Å². The highest BCUT2D eigenvalue weighted by Gasteiger charge is 2.25. The molecule has 5 N–H and O–H groups in total. The molecule has 1 aliphatic carbocycles. The number of nitrogens with zero attached hydrogens (tertiary/aromatic N) is 1. The molecule has 1 fully saturated rings. The zero-order chi connectivity index (χ0) is 20.1. The van der Waals surface area contributed by atoms with E-state index in [1.807, 2.05) is 6.07 Å². The summed E-state index contributed by atoms with van der Waals surface area (Å²) in [6.07, 6.45) is 3.62. The maximum absolute atomic E-state index is 11.4. The number of amides is 1. The number of rotatable bonds is 7. The molecule has 0 bridgehead atoms. The van der Waals surface area contributed by atoms with E-state index in [4.69, 9.17) is 5.73 Å². The molecule has 1 amide bonds. The molecule has 0 heterocycles. The molecule has 0 radical (unpaired) electrons. The summed E-state index contributed by atoms with van der Waals surface area (Å²) in [5.74, 6) is -0.880. The number of hydrogen-bond acceptors (Lipinski definition) is 5. The van der Waals surface area contributed by atoms with Gasteiger partial charge >= 0.3 is 0 Å². The molecule has 2 aromatic rings. The molecule has 0 aromatic heterocycles. The lowest BCUT2D eigenvalue weighted by molar-refractivity contribution is 0.0997. The number of nitrogens with two attached hydrogens (primary N) is 1. The minimum atomic E-state index is -0.772. The Bertz CT molecular complexity index is 797. The van der Waals surface area contributed by atoms with Crippen molar-refractivity contribution in [1.29, 1.82) is 0 Å². The second kappa shape index (κ2) is 9.08. The van der Waals surface area contributed by atoms with Crippen molar-refractivity contribution in [2.45, 2.75) is 43.9 Å². The van der Waals surface area contributed by atoms with Crippen LogP contribution >= 0.6 is 0 Å². The number of carbonyl (C=O) groups excluding carboxylic acids is 1. The monoisotopic (exact) mass is 383 g/mol. The van der Waals surface area contributed by atoms with Crippen molar-refractivity contribution in [3.8, 4) is 5.75 Å². The van der Waals surface area contributed by atoms with Gasteiger partial charge in [0.25, 0.3) is 5.91 Å². The Morgan fingerprint density at radius 3 is 2.71 bits per heavy atom. The Kier molecular flexibility index (Phi) is 6.54. The van der Waals surface area contributed by atoms with Crippen molar-refractivity contribution < 1.29 is 15.0 Å². The summed E-state index contributed by atoms with van der Waals surface area (Å²) in [7, 11) is 2.14. The summed E-state index contributed by atoms with van der Waals surface area (Å²) in [4.78, 5) is 13.7. The molecule has 0 aliphatic heterocycles. The summed E-state index contributed by atoms with van der Waals surface area (Å²) in [5.41, 5.74) is 7.07. The summed E-state index contributed by atoms with van der Waals surface area (Å²) in [6, 6.07) is 15.6. The lowest BCUT2D eigenvalue weighted by atomic mass is 9.89. The zero-order valence-corrected chi connectivity index (χ0v) is 16.2. The summed E-state index contributed by atoms with van der Waals surface area (Å²) < 4.78 is 0. The number of nitrogens with one attached hydrogen (secondary N) is 1. The van der Waals surface area contributed by atoms with E-state index in [9.17, 15) is 15.0 Å². The predicted molar refractivity (Wildman–Crippen MR) is 110 cm³/mol. The number of aliphatic hydroxyl groups excluding tert-OH is 1. The molecule has 1 unspecified atom stereocenters. The average molecular weight is 383 g/mol. The standard InChI is InChI=1S/C22H29N3O3/c1-25(17-7-3-2-4-8-17)18-9-5-6-16(13-18)24-14-21(27)15-10-11-20(26)19(12-15)22(23)28/h2-4,7-8,10-12,16,18,21,24,26-27H,5-6,9,13-14H2,1H3,(H2,23,28)/t16-,18-,21?/m0/s1. The van der Waals surface area contributed by atoms with Gasteiger partial charge in [-0.1, -0.05) is 24.3 Å². The molecule has 0 spiro atoms.